The number of aromatic amines is 1. The number of hydrogen-bond donors (Lipinski definition) is 2. The molecule has 0 amide bonds. The SMILES string of the molecule is COc1cccc(CNc2nc(OS(C)(=O)=O)nc3nc[nH]c23)c1OC. The van der Waals surface area contributed by atoms with E-state index in [1.54, 1.807) is 20.3 Å². The number of aromatic nitrogens is 4. The van der Waals surface area contributed by atoms with E-state index < -0.39 is 10.1 Å². The highest BCUT2D eigenvalue weighted by Crippen LogP contribution is 2.31. The minimum Gasteiger partial charge on any atom is -0.493 e. The summed E-state index contributed by atoms with van der Waals surface area (Å²) in [5, 5.41) is 3.11. The van der Waals surface area contributed by atoms with Crippen LogP contribution in [0.25, 0.3) is 11.2 Å². The largest absolute Gasteiger partial charge is 0.493 e. The van der Waals surface area contributed by atoms with E-state index in [4.69, 9.17) is 13.7 Å². The summed E-state index contributed by atoms with van der Waals surface area (Å²) in [6.45, 7) is 0.337. The Balaban J connectivity index is 1.93. The third kappa shape index (κ3) is 3.77. The first-order valence-electron chi connectivity index (χ1n) is 7.45. The van der Waals surface area contributed by atoms with Crippen LogP contribution in [0.2, 0.25) is 0 Å². The zero-order valence-corrected chi connectivity index (χ0v) is 15.1. The predicted molar refractivity (Wildman–Crippen MR) is 94.0 cm³/mol. The first-order valence-corrected chi connectivity index (χ1v) is 9.27. The van der Waals surface area contributed by atoms with Crippen LogP contribution in [0.3, 0.4) is 0 Å². The molecule has 10 nitrogen and oxygen atoms in total. The Hall–Kier alpha value is -3.08. The number of methoxy groups -OCH3 is 2. The molecule has 2 heterocycles. The Morgan fingerprint density at radius 2 is 2.00 bits per heavy atom. The highest BCUT2D eigenvalue weighted by atomic mass is 32.2. The molecule has 0 fully saturated rings. The number of hydrogen-bond acceptors (Lipinski definition) is 9. The van der Waals surface area contributed by atoms with Gasteiger partial charge in [-0.2, -0.15) is 18.4 Å². The summed E-state index contributed by atoms with van der Waals surface area (Å²) in [5.74, 6) is 1.53. The van der Waals surface area contributed by atoms with E-state index in [1.807, 2.05) is 12.1 Å². The molecule has 0 spiro atoms. The number of rotatable bonds is 7. The lowest BCUT2D eigenvalue weighted by Crippen LogP contribution is -2.11. The summed E-state index contributed by atoms with van der Waals surface area (Å²) >= 11 is 0. The molecule has 0 saturated heterocycles. The van der Waals surface area contributed by atoms with Crippen molar-refractivity contribution in [2.75, 3.05) is 25.8 Å². The van der Waals surface area contributed by atoms with Gasteiger partial charge in [0, 0.05) is 12.1 Å². The second-order valence-electron chi connectivity index (χ2n) is 5.25. The molecule has 0 aliphatic heterocycles. The van der Waals surface area contributed by atoms with Crippen molar-refractivity contribution in [3.8, 4) is 17.5 Å². The maximum Gasteiger partial charge on any atom is 0.337 e. The minimum absolute atomic E-state index is 0.277. The molecule has 0 atom stereocenters. The number of para-hydroxylation sites is 1. The summed E-state index contributed by atoms with van der Waals surface area (Å²) < 4.78 is 38.1. The van der Waals surface area contributed by atoms with Crippen molar-refractivity contribution in [3.63, 3.8) is 0 Å². The first-order chi connectivity index (χ1) is 12.4. The molecule has 2 N–H and O–H groups in total. The number of ether oxygens (including phenoxy) is 2. The standard InChI is InChI=1S/C15H17N5O5S/c1-23-10-6-4-5-9(12(10)24-2)7-16-13-11-14(18-8-17-11)20-15(19-13)25-26(3,21)22/h4-6,8H,7H2,1-3H3,(H2,16,17,18,19,20). The van der Waals surface area contributed by atoms with E-state index in [0.29, 0.717) is 29.4 Å². The van der Waals surface area contributed by atoms with Crippen molar-refractivity contribution in [1.29, 1.82) is 0 Å². The van der Waals surface area contributed by atoms with Gasteiger partial charge in [0.05, 0.1) is 26.8 Å². The summed E-state index contributed by atoms with van der Waals surface area (Å²) in [4.78, 5) is 15.0. The van der Waals surface area contributed by atoms with E-state index in [-0.39, 0.29) is 11.7 Å². The van der Waals surface area contributed by atoms with Gasteiger partial charge in [-0.3, -0.25) is 0 Å². The summed E-state index contributed by atoms with van der Waals surface area (Å²) in [5.41, 5.74) is 1.62. The van der Waals surface area contributed by atoms with Gasteiger partial charge >= 0.3 is 16.1 Å². The third-order valence-corrected chi connectivity index (χ3v) is 3.87. The average molecular weight is 379 g/mol. The average Bonchev–Trinajstić information content (AvgIpc) is 3.06. The van der Waals surface area contributed by atoms with Gasteiger partial charge < -0.3 is 24.0 Å². The van der Waals surface area contributed by atoms with E-state index in [9.17, 15) is 8.42 Å². The molecule has 3 aromatic rings. The van der Waals surface area contributed by atoms with Crippen LogP contribution < -0.4 is 19.0 Å². The lowest BCUT2D eigenvalue weighted by Gasteiger charge is -2.13. The number of H-pyrrole nitrogens is 1. The fourth-order valence-corrected chi connectivity index (χ4v) is 2.73. The van der Waals surface area contributed by atoms with Crippen LogP contribution >= 0.6 is 0 Å². The van der Waals surface area contributed by atoms with Crippen LogP contribution in [0.4, 0.5) is 5.82 Å². The molecular formula is C15H17N5O5S. The Morgan fingerprint density at radius 3 is 2.69 bits per heavy atom. The van der Waals surface area contributed by atoms with E-state index >= 15 is 0 Å². The quantitative estimate of drug-likeness (QED) is 0.584. The van der Waals surface area contributed by atoms with Gasteiger partial charge in [-0.15, -0.1) is 0 Å². The van der Waals surface area contributed by atoms with E-state index in [1.165, 1.54) is 6.33 Å². The lowest BCUT2D eigenvalue weighted by molar-refractivity contribution is 0.352. The van der Waals surface area contributed by atoms with Gasteiger partial charge in [-0.25, -0.2) is 4.98 Å². The van der Waals surface area contributed by atoms with Gasteiger partial charge in [0.15, 0.2) is 23.0 Å². The number of fused-ring (bicyclic) bond motifs is 1. The van der Waals surface area contributed by atoms with Crippen LogP contribution in [-0.4, -0.2) is 48.8 Å². The maximum atomic E-state index is 11.3. The number of anilines is 1. The molecule has 0 aliphatic rings. The Morgan fingerprint density at radius 1 is 1.19 bits per heavy atom. The topological polar surface area (TPSA) is 128 Å². The summed E-state index contributed by atoms with van der Waals surface area (Å²) in [6, 6.07) is 5.18. The number of nitrogens with one attached hydrogen (secondary N) is 2. The molecule has 0 radical (unpaired) electrons. The van der Waals surface area contributed by atoms with Crippen LogP contribution in [0.5, 0.6) is 17.5 Å². The molecular weight excluding hydrogens is 362 g/mol. The van der Waals surface area contributed by atoms with E-state index in [0.717, 1.165) is 11.8 Å². The Bertz CT molecular complexity index is 1030. The molecule has 0 aliphatic carbocycles. The fraction of sp³-hybridized carbons (Fsp3) is 0.267. The van der Waals surface area contributed by atoms with Crippen molar-refractivity contribution in [3.05, 3.63) is 30.1 Å². The highest BCUT2D eigenvalue weighted by Gasteiger charge is 2.15. The maximum absolute atomic E-state index is 11.3. The van der Waals surface area contributed by atoms with Crippen molar-refractivity contribution in [1.82, 2.24) is 19.9 Å². The van der Waals surface area contributed by atoms with Crippen molar-refractivity contribution >= 4 is 27.1 Å². The smallest absolute Gasteiger partial charge is 0.337 e. The van der Waals surface area contributed by atoms with Crippen LogP contribution in [0, 0.1) is 0 Å². The lowest BCUT2D eigenvalue weighted by atomic mass is 10.2. The monoisotopic (exact) mass is 379 g/mol. The Labute approximate surface area is 149 Å². The zero-order chi connectivity index (χ0) is 18.7. The normalized spacial score (nSPS) is 11.3. The number of benzene rings is 1. The van der Waals surface area contributed by atoms with Gasteiger partial charge in [0.1, 0.15) is 5.52 Å². The van der Waals surface area contributed by atoms with Crippen LogP contribution in [0.1, 0.15) is 5.56 Å². The molecule has 0 bridgehead atoms. The molecule has 0 unspecified atom stereocenters. The minimum atomic E-state index is -3.76. The fourth-order valence-electron chi connectivity index (χ4n) is 2.39. The predicted octanol–water partition coefficient (Wildman–Crippen LogP) is 1.32. The second-order valence-corrected chi connectivity index (χ2v) is 6.82. The highest BCUT2D eigenvalue weighted by molar-refractivity contribution is 7.86. The van der Waals surface area contributed by atoms with E-state index in [2.05, 4.69) is 25.3 Å². The van der Waals surface area contributed by atoms with Crippen molar-refractivity contribution < 1.29 is 22.1 Å². The van der Waals surface area contributed by atoms with Crippen LogP contribution in [-0.2, 0) is 16.7 Å². The van der Waals surface area contributed by atoms with Gasteiger partial charge in [-0.05, 0) is 6.07 Å². The Kier molecular flexibility index (Phi) is 4.80. The van der Waals surface area contributed by atoms with Crippen molar-refractivity contribution in [2.45, 2.75) is 6.54 Å². The molecule has 3 rings (SSSR count). The molecule has 11 heteroatoms. The summed E-state index contributed by atoms with van der Waals surface area (Å²) in [7, 11) is -0.649. The summed E-state index contributed by atoms with van der Waals surface area (Å²) in [6.07, 6.45) is 2.35. The number of nitrogens with zero attached hydrogens (tertiary/aromatic N) is 3. The molecule has 2 aromatic heterocycles. The number of imidazole rings is 1. The third-order valence-electron chi connectivity index (χ3n) is 3.42. The first kappa shape index (κ1) is 17.7. The van der Waals surface area contributed by atoms with Crippen LogP contribution in [0.15, 0.2) is 24.5 Å². The second kappa shape index (κ2) is 7.04. The van der Waals surface area contributed by atoms with Gasteiger partial charge in [0.25, 0.3) is 0 Å². The van der Waals surface area contributed by atoms with Crippen molar-refractivity contribution in [2.24, 2.45) is 0 Å². The molecule has 1 aromatic carbocycles. The zero-order valence-electron chi connectivity index (χ0n) is 14.3. The molecule has 0 saturated carbocycles. The van der Waals surface area contributed by atoms with Gasteiger partial charge in [0.2, 0.25) is 0 Å². The molecule has 138 valence electrons. The van der Waals surface area contributed by atoms with Gasteiger partial charge in [-0.1, -0.05) is 12.1 Å². The molecule has 26 heavy (non-hydrogen) atoms.